The molecule has 0 saturated carbocycles. The monoisotopic (exact) mass is 274 g/mol. The van der Waals surface area contributed by atoms with E-state index in [1.807, 2.05) is 30.3 Å². The normalized spacial score (nSPS) is 10.2. The van der Waals surface area contributed by atoms with E-state index in [0.717, 1.165) is 23.2 Å². The van der Waals surface area contributed by atoms with Crippen molar-refractivity contribution in [1.29, 1.82) is 0 Å². The van der Waals surface area contributed by atoms with Crippen LogP contribution in [0.5, 0.6) is 5.75 Å². The first-order valence-electron chi connectivity index (χ1n) is 5.67. The molecule has 5 heteroatoms. The number of nitrogens with two attached hydrogens (primary N) is 2. The van der Waals surface area contributed by atoms with Crippen molar-refractivity contribution in [3.63, 3.8) is 0 Å². The summed E-state index contributed by atoms with van der Waals surface area (Å²) >= 11 is 0.756. The van der Waals surface area contributed by atoms with Crippen LogP contribution in [0.15, 0.2) is 42.5 Å². The van der Waals surface area contributed by atoms with Crippen molar-refractivity contribution in [2.75, 3.05) is 11.5 Å². The van der Waals surface area contributed by atoms with Gasteiger partial charge in [0.1, 0.15) is 12.0 Å². The Bertz CT molecular complexity index is 614. The van der Waals surface area contributed by atoms with E-state index >= 15 is 0 Å². The highest BCUT2D eigenvalue weighted by atomic mass is 32.2. The number of anilines is 2. The molecule has 0 aliphatic carbocycles. The molecule has 0 aliphatic heterocycles. The SMILES string of the molecule is CC(=O)SOc1cc(-c2ccccc2N)ccc1N. The number of rotatable bonds is 3. The Labute approximate surface area is 116 Å². The van der Waals surface area contributed by atoms with Gasteiger partial charge in [0.25, 0.3) is 0 Å². The van der Waals surface area contributed by atoms with Crippen LogP contribution in [0.1, 0.15) is 6.92 Å². The van der Waals surface area contributed by atoms with Gasteiger partial charge in [0, 0.05) is 18.2 Å². The summed E-state index contributed by atoms with van der Waals surface area (Å²) < 4.78 is 5.30. The predicted molar refractivity (Wildman–Crippen MR) is 79.6 cm³/mol. The van der Waals surface area contributed by atoms with E-state index in [4.69, 9.17) is 15.7 Å². The van der Waals surface area contributed by atoms with Crippen LogP contribution in [0.3, 0.4) is 0 Å². The fraction of sp³-hybridized carbons (Fsp3) is 0.0714. The number of benzene rings is 2. The molecule has 0 amide bonds. The van der Waals surface area contributed by atoms with E-state index in [1.165, 1.54) is 6.92 Å². The average Bonchev–Trinajstić information content (AvgIpc) is 2.38. The van der Waals surface area contributed by atoms with Crippen molar-refractivity contribution < 1.29 is 8.98 Å². The van der Waals surface area contributed by atoms with E-state index < -0.39 is 0 Å². The maximum Gasteiger partial charge on any atom is 0.224 e. The van der Waals surface area contributed by atoms with Crippen molar-refractivity contribution in [3.8, 4) is 16.9 Å². The van der Waals surface area contributed by atoms with Crippen LogP contribution in [0, 0.1) is 0 Å². The van der Waals surface area contributed by atoms with Crippen LogP contribution in [0.4, 0.5) is 11.4 Å². The van der Waals surface area contributed by atoms with Crippen molar-refractivity contribution in [2.24, 2.45) is 0 Å². The minimum Gasteiger partial charge on any atom is -0.415 e. The van der Waals surface area contributed by atoms with Crippen LogP contribution in [-0.4, -0.2) is 5.12 Å². The molecule has 0 atom stereocenters. The van der Waals surface area contributed by atoms with Gasteiger partial charge in [-0.2, -0.15) is 0 Å². The summed E-state index contributed by atoms with van der Waals surface area (Å²) in [6.07, 6.45) is 0. The lowest BCUT2D eigenvalue weighted by molar-refractivity contribution is -0.109. The maximum absolute atomic E-state index is 10.9. The largest absolute Gasteiger partial charge is 0.415 e. The van der Waals surface area contributed by atoms with Crippen LogP contribution in [0.2, 0.25) is 0 Å². The molecule has 0 unspecified atom stereocenters. The molecule has 0 spiro atoms. The van der Waals surface area contributed by atoms with E-state index in [0.29, 0.717) is 17.1 Å². The summed E-state index contributed by atoms with van der Waals surface area (Å²) in [5, 5.41) is -0.135. The molecule has 0 heterocycles. The number of hydrogen-bond donors (Lipinski definition) is 2. The fourth-order valence-corrected chi connectivity index (χ4v) is 1.99. The lowest BCUT2D eigenvalue weighted by atomic mass is 10.0. The molecule has 0 radical (unpaired) electrons. The van der Waals surface area contributed by atoms with Crippen molar-refractivity contribution >= 4 is 28.5 Å². The Morgan fingerprint density at radius 1 is 1.11 bits per heavy atom. The number of nitrogen functional groups attached to an aromatic ring is 2. The fourth-order valence-electron chi connectivity index (χ4n) is 1.64. The number of carbonyl (C=O) groups is 1. The van der Waals surface area contributed by atoms with Gasteiger partial charge in [-0.1, -0.05) is 24.3 Å². The Morgan fingerprint density at radius 3 is 2.53 bits per heavy atom. The van der Waals surface area contributed by atoms with Crippen molar-refractivity contribution in [3.05, 3.63) is 42.5 Å². The average molecular weight is 274 g/mol. The molecule has 2 rings (SSSR count). The smallest absolute Gasteiger partial charge is 0.224 e. The first-order chi connectivity index (χ1) is 9.08. The van der Waals surface area contributed by atoms with Gasteiger partial charge in [-0.3, -0.25) is 4.79 Å². The van der Waals surface area contributed by atoms with E-state index in [1.54, 1.807) is 12.1 Å². The molecule has 0 aliphatic rings. The van der Waals surface area contributed by atoms with Gasteiger partial charge in [0.2, 0.25) is 5.12 Å². The Hall–Kier alpha value is -2.14. The van der Waals surface area contributed by atoms with Crippen LogP contribution >= 0.6 is 12.0 Å². The molecule has 98 valence electrons. The number of carbonyl (C=O) groups excluding carboxylic acids is 1. The highest BCUT2D eigenvalue weighted by Gasteiger charge is 2.08. The Balaban J connectivity index is 2.36. The summed E-state index contributed by atoms with van der Waals surface area (Å²) in [6, 6.07) is 12.9. The molecule has 2 aromatic rings. The maximum atomic E-state index is 10.9. The second-order valence-corrected chi connectivity index (χ2v) is 4.91. The van der Waals surface area contributed by atoms with Crippen molar-refractivity contribution in [2.45, 2.75) is 6.92 Å². The van der Waals surface area contributed by atoms with Gasteiger partial charge in [0.05, 0.1) is 5.69 Å². The molecule has 19 heavy (non-hydrogen) atoms. The number of para-hydroxylation sites is 1. The minimum atomic E-state index is -0.135. The third-order valence-electron chi connectivity index (χ3n) is 2.53. The summed E-state index contributed by atoms with van der Waals surface area (Å²) in [6.45, 7) is 1.43. The molecular weight excluding hydrogens is 260 g/mol. The van der Waals surface area contributed by atoms with E-state index in [2.05, 4.69) is 0 Å². The van der Waals surface area contributed by atoms with Gasteiger partial charge >= 0.3 is 0 Å². The zero-order valence-corrected chi connectivity index (χ0v) is 11.2. The second kappa shape index (κ2) is 5.67. The molecule has 2 aromatic carbocycles. The molecule has 0 aromatic heterocycles. The third-order valence-corrected chi connectivity index (χ3v) is 3.03. The highest BCUT2D eigenvalue weighted by molar-refractivity contribution is 8.09. The van der Waals surface area contributed by atoms with Gasteiger partial charge < -0.3 is 15.7 Å². The summed E-state index contributed by atoms with van der Waals surface area (Å²) in [7, 11) is 0. The first-order valence-corrected chi connectivity index (χ1v) is 6.41. The summed E-state index contributed by atoms with van der Waals surface area (Å²) in [4.78, 5) is 10.9. The topological polar surface area (TPSA) is 78.3 Å². The zero-order valence-electron chi connectivity index (χ0n) is 10.4. The van der Waals surface area contributed by atoms with Gasteiger partial charge in [0.15, 0.2) is 5.75 Å². The summed E-state index contributed by atoms with van der Waals surface area (Å²) in [5.41, 5.74) is 14.7. The Kier molecular flexibility index (Phi) is 3.97. The van der Waals surface area contributed by atoms with Crippen LogP contribution in [0.25, 0.3) is 11.1 Å². The standard InChI is InChI=1S/C14H14N2O2S/c1-9(17)19-18-14-8-10(6-7-13(14)16)11-4-2-3-5-12(11)15/h2-8H,15-16H2,1H3. The quantitative estimate of drug-likeness (QED) is 0.664. The first kappa shape index (κ1) is 13.3. The van der Waals surface area contributed by atoms with Gasteiger partial charge in [-0.05, 0) is 23.8 Å². The molecule has 4 nitrogen and oxygen atoms in total. The summed E-state index contributed by atoms with van der Waals surface area (Å²) in [5.74, 6) is 0.459. The van der Waals surface area contributed by atoms with Crippen LogP contribution in [-0.2, 0) is 4.79 Å². The minimum absolute atomic E-state index is 0.135. The lowest BCUT2D eigenvalue weighted by Gasteiger charge is -2.10. The molecule has 0 saturated heterocycles. The highest BCUT2D eigenvalue weighted by Crippen LogP contribution is 2.33. The lowest BCUT2D eigenvalue weighted by Crippen LogP contribution is -1.95. The Morgan fingerprint density at radius 2 is 1.84 bits per heavy atom. The van der Waals surface area contributed by atoms with E-state index in [-0.39, 0.29) is 5.12 Å². The van der Waals surface area contributed by atoms with Gasteiger partial charge in [-0.15, -0.1) is 0 Å². The van der Waals surface area contributed by atoms with Gasteiger partial charge in [-0.25, -0.2) is 0 Å². The zero-order chi connectivity index (χ0) is 13.8. The predicted octanol–water partition coefficient (Wildman–Crippen LogP) is 3.09. The van der Waals surface area contributed by atoms with Crippen molar-refractivity contribution in [1.82, 2.24) is 0 Å². The molecule has 0 fully saturated rings. The molecule has 0 bridgehead atoms. The molecule has 4 N–H and O–H groups in total. The number of hydrogen-bond acceptors (Lipinski definition) is 5. The third kappa shape index (κ3) is 3.20. The molecular formula is C14H14N2O2S. The van der Waals surface area contributed by atoms with Crippen LogP contribution < -0.4 is 15.7 Å². The second-order valence-electron chi connectivity index (χ2n) is 4.00. The van der Waals surface area contributed by atoms with E-state index in [9.17, 15) is 4.79 Å².